The number of nitriles is 1. The summed E-state index contributed by atoms with van der Waals surface area (Å²) in [5.74, 6) is 0.720. The number of nitrogens with zero attached hydrogens (tertiary/aromatic N) is 1. The third kappa shape index (κ3) is 1.02. The van der Waals surface area contributed by atoms with Crippen molar-refractivity contribution in [2.45, 2.75) is 13.5 Å². The van der Waals surface area contributed by atoms with Gasteiger partial charge in [0.25, 0.3) is 0 Å². The maximum atomic E-state index is 8.62. The Kier molecular flexibility index (Phi) is 1.74. The number of aryl methyl sites for hydroxylation is 1. The van der Waals surface area contributed by atoms with Crippen molar-refractivity contribution in [1.82, 2.24) is 0 Å². The Morgan fingerprint density at radius 3 is 2.80 bits per heavy atom. The minimum atomic E-state index is -0.145. The highest BCUT2D eigenvalue weighted by atomic mass is 16.4. The predicted octanol–water partition coefficient (Wildman–Crippen LogP) is 0.952. The summed E-state index contributed by atoms with van der Waals surface area (Å²) >= 11 is 0. The van der Waals surface area contributed by atoms with Crippen LogP contribution in [0.4, 0.5) is 0 Å². The molecule has 1 rings (SSSR count). The maximum Gasteiger partial charge on any atom is 0.204 e. The van der Waals surface area contributed by atoms with Gasteiger partial charge in [-0.2, -0.15) is 5.26 Å². The molecule has 52 valence electrons. The number of aliphatic hydroxyl groups is 1. The molecule has 0 amide bonds. The molecule has 1 heterocycles. The number of hydrogen-bond donors (Lipinski definition) is 1. The van der Waals surface area contributed by atoms with Gasteiger partial charge >= 0.3 is 0 Å². The summed E-state index contributed by atoms with van der Waals surface area (Å²) < 4.78 is 4.90. The molecular weight excluding hydrogens is 130 g/mol. The summed E-state index contributed by atoms with van der Waals surface area (Å²) in [5, 5.41) is 17.0. The van der Waals surface area contributed by atoms with E-state index in [1.54, 1.807) is 13.0 Å². The highest BCUT2D eigenvalue weighted by Gasteiger charge is 2.03. The fraction of sp³-hybridized carbons (Fsp3) is 0.286. The van der Waals surface area contributed by atoms with Gasteiger partial charge in [0, 0.05) is 0 Å². The fourth-order valence-corrected chi connectivity index (χ4v) is 0.732. The molecule has 0 aliphatic carbocycles. The van der Waals surface area contributed by atoms with E-state index >= 15 is 0 Å². The largest absolute Gasteiger partial charge is 0.448 e. The van der Waals surface area contributed by atoms with Gasteiger partial charge in [-0.1, -0.05) is 0 Å². The third-order valence-electron chi connectivity index (χ3n) is 1.27. The molecule has 1 aromatic rings. The second-order valence-corrected chi connectivity index (χ2v) is 1.99. The molecule has 10 heavy (non-hydrogen) atoms. The molecular formula is C7H7NO2. The molecule has 0 radical (unpaired) electrons. The van der Waals surface area contributed by atoms with Crippen molar-refractivity contribution in [2.24, 2.45) is 0 Å². The van der Waals surface area contributed by atoms with Crippen LogP contribution in [-0.4, -0.2) is 5.11 Å². The van der Waals surface area contributed by atoms with Crippen LogP contribution in [0.3, 0.4) is 0 Å². The Balaban J connectivity index is 3.07. The summed E-state index contributed by atoms with van der Waals surface area (Å²) in [4.78, 5) is 0. The zero-order valence-electron chi connectivity index (χ0n) is 5.59. The van der Waals surface area contributed by atoms with Gasteiger partial charge in [0.2, 0.25) is 5.76 Å². The lowest BCUT2D eigenvalue weighted by Crippen LogP contribution is -1.79. The number of rotatable bonds is 1. The van der Waals surface area contributed by atoms with Gasteiger partial charge in [-0.3, -0.25) is 0 Å². The van der Waals surface area contributed by atoms with Crippen LogP contribution in [0.25, 0.3) is 0 Å². The zero-order chi connectivity index (χ0) is 7.56. The average molecular weight is 137 g/mol. The van der Waals surface area contributed by atoms with Gasteiger partial charge in [0.1, 0.15) is 18.4 Å². The van der Waals surface area contributed by atoms with Crippen LogP contribution in [-0.2, 0) is 6.61 Å². The molecule has 0 unspecified atom stereocenters. The summed E-state index contributed by atoms with van der Waals surface area (Å²) in [5.41, 5.74) is 0.819. The van der Waals surface area contributed by atoms with Crippen molar-refractivity contribution >= 4 is 0 Å². The van der Waals surface area contributed by atoms with E-state index in [4.69, 9.17) is 14.8 Å². The first-order valence-electron chi connectivity index (χ1n) is 2.88. The molecule has 0 saturated heterocycles. The fourth-order valence-electron chi connectivity index (χ4n) is 0.732. The smallest absolute Gasteiger partial charge is 0.204 e. The number of hydrogen-bond acceptors (Lipinski definition) is 3. The summed E-state index contributed by atoms with van der Waals surface area (Å²) in [6, 6.07) is 3.45. The van der Waals surface area contributed by atoms with Gasteiger partial charge in [0.05, 0.1) is 0 Å². The van der Waals surface area contributed by atoms with E-state index in [9.17, 15) is 0 Å². The van der Waals surface area contributed by atoms with Crippen molar-refractivity contribution in [1.29, 1.82) is 5.26 Å². The monoisotopic (exact) mass is 137 g/mol. The first kappa shape index (κ1) is 6.84. The topological polar surface area (TPSA) is 57.2 Å². The highest BCUT2D eigenvalue weighted by Crippen LogP contribution is 2.12. The van der Waals surface area contributed by atoms with Crippen LogP contribution in [0.2, 0.25) is 0 Å². The predicted molar refractivity (Wildman–Crippen MR) is 34.1 cm³/mol. The number of furan rings is 1. The first-order chi connectivity index (χ1) is 4.77. The molecule has 1 N–H and O–H groups in total. The Bertz CT molecular complexity index is 270. The molecule has 0 aromatic carbocycles. The van der Waals surface area contributed by atoms with Crippen molar-refractivity contribution in [3.63, 3.8) is 0 Å². The minimum Gasteiger partial charge on any atom is -0.448 e. The molecule has 0 aliphatic rings. The SMILES string of the molecule is Cc1cc(C#N)oc1CO. The molecule has 0 bridgehead atoms. The maximum absolute atomic E-state index is 8.62. The van der Waals surface area contributed by atoms with Crippen LogP contribution in [0.15, 0.2) is 10.5 Å². The number of aliphatic hydroxyl groups excluding tert-OH is 1. The Hall–Kier alpha value is -1.27. The minimum absolute atomic E-state index is 0.145. The van der Waals surface area contributed by atoms with Gasteiger partial charge in [-0.15, -0.1) is 0 Å². The zero-order valence-corrected chi connectivity index (χ0v) is 5.59. The second-order valence-electron chi connectivity index (χ2n) is 1.99. The van der Waals surface area contributed by atoms with Crippen LogP contribution in [0.1, 0.15) is 17.1 Å². The Morgan fingerprint density at radius 2 is 2.50 bits per heavy atom. The molecule has 0 spiro atoms. The van der Waals surface area contributed by atoms with E-state index in [0.29, 0.717) is 5.76 Å². The second kappa shape index (κ2) is 2.54. The Labute approximate surface area is 58.5 Å². The lowest BCUT2D eigenvalue weighted by molar-refractivity contribution is 0.245. The van der Waals surface area contributed by atoms with E-state index in [0.717, 1.165) is 5.56 Å². The molecule has 3 heteroatoms. The third-order valence-corrected chi connectivity index (χ3v) is 1.27. The van der Waals surface area contributed by atoms with Crippen molar-refractivity contribution in [3.8, 4) is 6.07 Å². The standard InChI is InChI=1S/C7H7NO2/c1-5-2-6(3-8)10-7(5)4-9/h2,9H,4H2,1H3. The molecule has 0 fully saturated rings. The lowest BCUT2D eigenvalue weighted by Gasteiger charge is -1.86. The van der Waals surface area contributed by atoms with Crippen LogP contribution >= 0.6 is 0 Å². The molecule has 0 atom stereocenters. The van der Waals surface area contributed by atoms with Crippen LogP contribution in [0, 0.1) is 18.3 Å². The van der Waals surface area contributed by atoms with Crippen LogP contribution < -0.4 is 0 Å². The van der Waals surface area contributed by atoms with E-state index in [1.807, 2.05) is 6.07 Å². The quantitative estimate of drug-likeness (QED) is 0.627. The van der Waals surface area contributed by atoms with E-state index in [2.05, 4.69) is 0 Å². The van der Waals surface area contributed by atoms with E-state index < -0.39 is 0 Å². The average Bonchev–Trinajstić information content (AvgIpc) is 2.30. The summed E-state index contributed by atoms with van der Waals surface area (Å²) in [6.07, 6.45) is 0. The van der Waals surface area contributed by atoms with Crippen LogP contribution in [0.5, 0.6) is 0 Å². The van der Waals surface area contributed by atoms with Gasteiger partial charge in [-0.25, -0.2) is 0 Å². The van der Waals surface area contributed by atoms with Crippen molar-refractivity contribution in [2.75, 3.05) is 0 Å². The van der Waals surface area contributed by atoms with E-state index in [1.165, 1.54) is 0 Å². The van der Waals surface area contributed by atoms with Crippen molar-refractivity contribution < 1.29 is 9.52 Å². The van der Waals surface area contributed by atoms with E-state index in [-0.39, 0.29) is 12.4 Å². The summed E-state index contributed by atoms with van der Waals surface area (Å²) in [6.45, 7) is 1.64. The highest BCUT2D eigenvalue weighted by molar-refractivity contribution is 5.26. The molecule has 0 saturated carbocycles. The lowest BCUT2D eigenvalue weighted by atomic mass is 10.3. The van der Waals surface area contributed by atoms with Crippen molar-refractivity contribution in [3.05, 3.63) is 23.2 Å². The van der Waals surface area contributed by atoms with Gasteiger partial charge in [0.15, 0.2) is 0 Å². The Morgan fingerprint density at radius 1 is 1.80 bits per heavy atom. The molecule has 1 aromatic heterocycles. The first-order valence-corrected chi connectivity index (χ1v) is 2.88. The molecule has 0 aliphatic heterocycles. The summed E-state index contributed by atoms with van der Waals surface area (Å²) in [7, 11) is 0. The van der Waals surface area contributed by atoms with Gasteiger partial charge < -0.3 is 9.52 Å². The van der Waals surface area contributed by atoms with Gasteiger partial charge in [-0.05, 0) is 18.6 Å². The molecule has 3 nitrogen and oxygen atoms in total. The normalized spacial score (nSPS) is 9.30.